The van der Waals surface area contributed by atoms with E-state index in [4.69, 9.17) is 9.53 Å². The normalized spacial score (nSPS) is 24.6. The summed E-state index contributed by atoms with van der Waals surface area (Å²) < 4.78 is 6.10. The highest BCUT2D eigenvalue weighted by Gasteiger charge is 2.40. The summed E-state index contributed by atoms with van der Waals surface area (Å²) in [5.74, 6) is -0.247. The minimum absolute atomic E-state index is 0.0114. The first-order chi connectivity index (χ1) is 8.58. The largest absolute Gasteiger partial charge is 0.465 e. The Labute approximate surface area is 116 Å². The molecule has 0 bridgehead atoms. The Morgan fingerprint density at radius 2 is 2.00 bits per heavy atom. The van der Waals surface area contributed by atoms with Crippen LogP contribution in [-0.4, -0.2) is 50.4 Å². The molecule has 1 rings (SSSR count). The molecule has 0 saturated carbocycles. The van der Waals surface area contributed by atoms with Crippen molar-refractivity contribution in [2.45, 2.75) is 38.9 Å². The molecule has 6 heteroatoms. The predicted molar refractivity (Wildman–Crippen MR) is 75.8 cm³/mol. The molecule has 1 fully saturated rings. The molecule has 1 N–H and O–H groups in total. The maximum Gasteiger partial charge on any atom is 0.407 e. The highest BCUT2D eigenvalue weighted by atomic mass is 28.4. The molecule has 0 radical (unpaired) electrons. The molecule has 0 aromatic rings. The van der Waals surface area contributed by atoms with Gasteiger partial charge in [0.05, 0.1) is 0 Å². The SMILES string of the molecule is CC(C)(C)[Si](C)(C)OCC1CN(C(=O)O)CC1C=O. The predicted octanol–water partition coefficient (Wildman–Crippen LogP) is 2.43. The van der Waals surface area contributed by atoms with Gasteiger partial charge in [0.1, 0.15) is 6.29 Å². The van der Waals surface area contributed by atoms with Gasteiger partial charge in [-0.05, 0) is 18.1 Å². The Morgan fingerprint density at radius 3 is 2.42 bits per heavy atom. The molecular formula is C13H25NO4Si. The van der Waals surface area contributed by atoms with Crippen LogP contribution in [-0.2, 0) is 9.22 Å². The molecule has 1 saturated heterocycles. The average molecular weight is 287 g/mol. The minimum atomic E-state index is -1.85. The van der Waals surface area contributed by atoms with Gasteiger partial charge in [-0.15, -0.1) is 0 Å². The molecule has 0 spiro atoms. The van der Waals surface area contributed by atoms with Gasteiger partial charge in [0.25, 0.3) is 0 Å². The van der Waals surface area contributed by atoms with Gasteiger partial charge in [-0.1, -0.05) is 20.8 Å². The Kier molecular flexibility index (Phi) is 4.79. The van der Waals surface area contributed by atoms with Gasteiger partial charge in [0.15, 0.2) is 8.32 Å². The maximum atomic E-state index is 11.0. The monoisotopic (exact) mass is 287 g/mol. The zero-order valence-corrected chi connectivity index (χ0v) is 13.5. The quantitative estimate of drug-likeness (QED) is 0.637. The van der Waals surface area contributed by atoms with E-state index in [1.807, 2.05) is 0 Å². The summed E-state index contributed by atoms with van der Waals surface area (Å²) >= 11 is 0. The first-order valence-electron chi connectivity index (χ1n) is 6.65. The second-order valence-electron chi connectivity index (χ2n) is 6.82. The van der Waals surface area contributed by atoms with Crippen molar-refractivity contribution in [1.82, 2.24) is 4.90 Å². The molecule has 110 valence electrons. The van der Waals surface area contributed by atoms with Gasteiger partial charge < -0.3 is 19.2 Å². The summed E-state index contributed by atoms with van der Waals surface area (Å²) in [6.07, 6.45) is -0.0931. The van der Waals surface area contributed by atoms with Crippen LogP contribution in [0.25, 0.3) is 0 Å². The molecule has 1 aliphatic rings. The number of nitrogens with zero attached hydrogens (tertiary/aromatic N) is 1. The average Bonchev–Trinajstić information content (AvgIpc) is 2.68. The highest BCUT2D eigenvalue weighted by molar-refractivity contribution is 6.74. The number of likely N-dealkylation sites (tertiary alicyclic amines) is 1. The van der Waals surface area contributed by atoms with Crippen molar-refractivity contribution in [2.24, 2.45) is 11.8 Å². The van der Waals surface area contributed by atoms with E-state index in [-0.39, 0.29) is 16.9 Å². The first-order valence-corrected chi connectivity index (χ1v) is 9.56. The molecule has 19 heavy (non-hydrogen) atoms. The van der Waals surface area contributed by atoms with Crippen LogP contribution < -0.4 is 0 Å². The molecule has 1 amide bonds. The Morgan fingerprint density at radius 1 is 1.42 bits per heavy atom. The molecule has 1 aliphatic heterocycles. The third-order valence-electron chi connectivity index (χ3n) is 4.40. The third-order valence-corrected chi connectivity index (χ3v) is 8.90. The van der Waals surface area contributed by atoms with Crippen LogP contribution in [0, 0.1) is 11.8 Å². The lowest BCUT2D eigenvalue weighted by molar-refractivity contribution is -0.111. The second kappa shape index (κ2) is 5.62. The van der Waals surface area contributed by atoms with E-state index in [9.17, 15) is 9.59 Å². The smallest absolute Gasteiger partial charge is 0.407 e. The zero-order valence-electron chi connectivity index (χ0n) is 12.5. The van der Waals surface area contributed by atoms with Crippen LogP contribution >= 0.6 is 0 Å². The van der Waals surface area contributed by atoms with Gasteiger partial charge in [-0.3, -0.25) is 0 Å². The molecule has 2 unspecified atom stereocenters. The minimum Gasteiger partial charge on any atom is -0.465 e. The standard InChI is InChI=1S/C13H25NO4Si/c1-13(2,3)19(4,5)18-9-11-7-14(12(16)17)6-10(11)8-15/h8,10-11H,6-7,9H2,1-5H3,(H,16,17). The summed E-state index contributed by atoms with van der Waals surface area (Å²) in [6, 6.07) is 0. The summed E-state index contributed by atoms with van der Waals surface area (Å²) in [5.41, 5.74) is 0. The second-order valence-corrected chi connectivity index (χ2v) is 11.6. The van der Waals surface area contributed by atoms with E-state index in [0.29, 0.717) is 19.7 Å². The van der Waals surface area contributed by atoms with Crippen LogP contribution in [0.15, 0.2) is 0 Å². The van der Waals surface area contributed by atoms with Crippen LogP contribution in [0.4, 0.5) is 4.79 Å². The van der Waals surface area contributed by atoms with Gasteiger partial charge in [-0.2, -0.15) is 0 Å². The number of carboxylic acid groups (broad SMARTS) is 1. The van der Waals surface area contributed by atoms with Crippen LogP contribution in [0.5, 0.6) is 0 Å². The number of hydrogen-bond acceptors (Lipinski definition) is 3. The molecule has 5 nitrogen and oxygen atoms in total. The summed E-state index contributed by atoms with van der Waals surface area (Å²) in [5, 5.41) is 9.10. The van der Waals surface area contributed by atoms with Crippen molar-refractivity contribution in [3.8, 4) is 0 Å². The Bertz CT molecular complexity index is 351. The molecule has 0 aliphatic carbocycles. The number of amides is 1. The van der Waals surface area contributed by atoms with Crippen LogP contribution in [0.1, 0.15) is 20.8 Å². The first kappa shape index (κ1) is 16.2. The molecule has 2 atom stereocenters. The number of carbonyl (C=O) groups is 2. The van der Waals surface area contributed by atoms with E-state index >= 15 is 0 Å². The zero-order chi connectivity index (χ0) is 14.8. The third kappa shape index (κ3) is 3.79. The summed E-state index contributed by atoms with van der Waals surface area (Å²) in [7, 11) is -1.85. The number of hydrogen-bond donors (Lipinski definition) is 1. The van der Waals surface area contributed by atoms with Crippen molar-refractivity contribution in [3.05, 3.63) is 0 Å². The fraction of sp³-hybridized carbons (Fsp3) is 0.846. The van der Waals surface area contributed by atoms with Crippen molar-refractivity contribution >= 4 is 20.7 Å². The van der Waals surface area contributed by atoms with Crippen molar-refractivity contribution in [3.63, 3.8) is 0 Å². The molecular weight excluding hydrogens is 262 g/mol. The van der Waals surface area contributed by atoms with E-state index in [1.54, 1.807) is 0 Å². The lowest BCUT2D eigenvalue weighted by atomic mass is 9.99. The van der Waals surface area contributed by atoms with Gasteiger partial charge >= 0.3 is 6.09 Å². The Hall–Kier alpha value is -0.883. The van der Waals surface area contributed by atoms with E-state index in [2.05, 4.69) is 33.9 Å². The topological polar surface area (TPSA) is 66.8 Å². The number of carbonyl (C=O) groups excluding carboxylic acids is 1. The van der Waals surface area contributed by atoms with Crippen LogP contribution in [0.2, 0.25) is 18.1 Å². The summed E-state index contributed by atoms with van der Waals surface area (Å²) in [6.45, 7) is 12.0. The van der Waals surface area contributed by atoms with E-state index in [1.165, 1.54) is 4.90 Å². The number of rotatable bonds is 4. The molecule has 0 aromatic heterocycles. The number of aldehydes is 1. The fourth-order valence-electron chi connectivity index (χ4n) is 1.92. The highest BCUT2D eigenvalue weighted by Crippen LogP contribution is 2.37. The van der Waals surface area contributed by atoms with Crippen LogP contribution in [0.3, 0.4) is 0 Å². The van der Waals surface area contributed by atoms with Gasteiger partial charge in [-0.25, -0.2) is 4.79 Å². The van der Waals surface area contributed by atoms with Crippen molar-refractivity contribution in [2.75, 3.05) is 19.7 Å². The maximum absolute atomic E-state index is 11.0. The van der Waals surface area contributed by atoms with Gasteiger partial charge in [0.2, 0.25) is 0 Å². The Balaban J connectivity index is 2.62. The molecule has 1 heterocycles. The van der Waals surface area contributed by atoms with Gasteiger partial charge in [0, 0.05) is 31.5 Å². The van der Waals surface area contributed by atoms with E-state index in [0.717, 1.165) is 6.29 Å². The lowest BCUT2D eigenvalue weighted by Gasteiger charge is -2.37. The van der Waals surface area contributed by atoms with Crippen molar-refractivity contribution in [1.29, 1.82) is 0 Å². The lowest BCUT2D eigenvalue weighted by Crippen LogP contribution is -2.42. The summed E-state index contributed by atoms with van der Waals surface area (Å²) in [4.78, 5) is 23.3. The fourth-order valence-corrected chi connectivity index (χ4v) is 2.98. The molecule has 0 aromatic carbocycles. The van der Waals surface area contributed by atoms with E-state index < -0.39 is 14.4 Å². The van der Waals surface area contributed by atoms with Crippen molar-refractivity contribution < 1.29 is 19.1 Å².